The Hall–Kier alpha value is -1.06. The van der Waals surface area contributed by atoms with Gasteiger partial charge in [0.05, 0.1) is 6.61 Å². The molecule has 20 heavy (non-hydrogen) atoms. The normalized spacial score (nSPS) is 29.9. The summed E-state index contributed by atoms with van der Waals surface area (Å²) in [5.74, 6) is 1.08. The largest absolute Gasteiger partial charge is 0.493 e. The Bertz CT molecular complexity index is 440. The highest BCUT2D eigenvalue weighted by Crippen LogP contribution is 2.38. The molecule has 0 saturated heterocycles. The number of fused-ring (bicyclic) bond motifs is 1. The van der Waals surface area contributed by atoms with Gasteiger partial charge < -0.3 is 10.5 Å². The Balaban J connectivity index is 1.80. The molecule has 3 heteroatoms. The lowest BCUT2D eigenvalue weighted by Gasteiger charge is -2.42. The highest BCUT2D eigenvalue weighted by molar-refractivity contribution is 5.37. The first-order chi connectivity index (χ1) is 9.79. The van der Waals surface area contributed by atoms with Gasteiger partial charge in [-0.05, 0) is 38.3 Å². The highest BCUT2D eigenvalue weighted by Gasteiger charge is 2.32. The summed E-state index contributed by atoms with van der Waals surface area (Å²) in [5, 5.41) is 0. The van der Waals surface area contributed by atoms with Crippen LogP contribution in [0.5, 0.6) is 5.75 Å². The summed E-state index contributed by atoms with van der Waals surface area (Å²) in [7, 11) is 0. The molecule has 1 aromatic rings. The summed E-state index contributed by atoms with van der Waals surface area (Å²) in [6, 6.07) is 10.2. The van der Waals surface area contributed by atoms with E-state index in [4.69, 9.17) is 10.5 Å². The van der Waals surface area contributed by atoms with Crippen molar-refractivity contribution in [2.75, 3.05) is 13.2 Å². The number of para-hydroxylation sites is 1. The Labute approximate surface area is 122 Å². The first-order valence-electron chi connectivity index (χ1n) is 8.02. The number of nitrogens with two attached hydrogens (primary N) is 1. The van der Waals surface area contributed by atoms with Crippen molar-refractivity contribution < 1.29 is 4.74 Å². The second kappa shape index (κ2) is 6.15. The first kappa shape index (κ1) is 13.9. The van der Waals surface area contributed by atoms with Gasteiger partial charge in [-0.3, -0.25) is 4.90 Å². The van der Waals surface area contributed by atoms with E-state index in [1.54, 1.807) is 0 Å². The molecule has 1 aliphatic carbocycles. The highest BCUT2D eigenvalue weighted by atomic mass is 16.5. The van der Waals surface area contributed by atoms with E-state index in [9.17, 15) is 0 Å². The second-order valence-electron chi connectivity index (χ2n) is 6.09. The van der Waals surface area contributed by atoms with E-state index in [-0.39, 0.29) is 0 Å². The van der Waals surface area contributed by atoms with Crippen molar-refractivity contribution in [1.29, 1.82) is 0 Å². The van der Waals surface area contributed by atoms with Gasteiger partial charge >= 0.3 is 0 Å². The van der Waals surface area contributed by atoms with Crippen LogP contribution in [-0.2, 0) is 0 Å². The van der Waals surface area contributed by atoms with Gasteiger partial charge in [0.25, 0.3) is 0 Å². The van der Waals surface area contributed by atoms with Crippen LogP contribution in [0.2, 0.25) is 0 Å². The van der Waals surface area contributed by atoms with Gasteiger partial charge in [-0.25, -0.2) is 0 Å². The molecule has 0 bridgehead atoms. The van der Waals surface area contributed by atoms with Gasteiger partial charge in [0.2, 0.25) is 0 Å². The summed E-state index contributed by atoms with van der Waals surface area (Å²) >= 11 is 0. The van der Waals surface area contributed by atoms with E-state index >= 15 is 0 Å². The van der Waals surface area contributed by atoms with E-state index in [0.717, 1.165) is 25.3 Å². The smallest absolute Gasteiger partial charge is 0.124 e. The van der Waals surface area contributed by atoms with Crippen LogP contribution in [0, 0.1) is 0 Å². The van der Waals surface area contributed by atoms with Crippen LogP contribution >= 0.6 is 0 Å². The van der Waals surface area contributed by atoms with Crippen molar-refractivity contribution in [3.8, 4) is 5.75 Å². The molecule has 2 N–H and O–H groups in total. The van der Waals surface area contributed by atoms with Gasteiger partial charge in [0.15, 0.2) is 0 Å². The molecule has 3 nitrogen and oxygen atoms in total. The average molecular weight is 274 g/mol. The molecule has 0 aromatic heterocycles. The predicted molar refractivity (Wildman–Crippen MR) is 81.9 cm³/mol. The minimum absolute atomic E-state index is 0.423. The summed E-state index contributed by atoms with van der Waals surface area (Å²) < 4.78 is 5.81. The van der Waals surface area contributed by atoms with Crippen LogP contribution in [0.4, 0.5) is 0 Å². The fourth-order valence-corrected chi connectivity index (χ4v) is 3.83. The van der Waals surface area contributed by atoms with E-state index in [1.807, 2.05) is 0 Å². The molecule has 3 rings (SSSR count). The predicted octanol–water partition coefficient (Wildman–Crippen LogP) is 3.10. The molecule has 0 radical (unpaired) electrons. The molecule has 1 unspecified atom stereocenters. The summed E-state index contributed by atoms with van der Waals surface area (Å²) in [6.07, 6.45) is 5.94. The minimum Gasteiger partial charge on any atom is -0.493 e. The molecular formula is C17H26N2O. The van der Waals surface area contributed by atoms with Crippen molar-refractivity contribution in [3.05, 3.63) is 29.8 Å². The molecule has 1 aliphatic heterocycles. The second-order valence-corrected chi connectivity index (χ2v) is 6.09. The van der Waals surface area contributed by atoms with Crippen molar-refractivity contribution in [2.45, 2.75) is 57.2 Å². The summed E-state index contributed by atoms with van der Waals surface area (Å²) in [5.41, 5.74) is 7.43. The zero-order valence-corrected chi connectivity index (χ0v) is 12.4. The Morgan fingerprint density at radius 2 is 1.90 bits per heavy atom. The van der Waals surface area contributed by atoms with Gasteiger partial charge in [0, 0.05) is 30.1 Å². The number of nitrogens with zero attached hydrogens (tertiary/aromatic N) is 1. The lowest BCUT2D eigenvalue weighted by molar-refractivity contribution is 0.0777. The van der Waals surface area contributed by atoms with Crippen LogP contribution in [0.25, 0.3) is 0 Å². The number of hydrogen-bond acceptors (Lipinski definition) is 3. The van der Waals surface area contributed by atoms with Crippen LogP contribution < -0.4 is 10.5 Å². The fraction of sp³-hybridized carbons (Fsp3) is 0.647. The SMILES string of the molecule is CCN(C1CCC(N)CC1)C1CCOc2ccccc21. The standard InChI is InChI=1S/C17H26N2O/c1-2-19(14-9-7-13(18)8-10-14)16-11-12-20-17-6-4-3-5-15(16)17/h3-6,13-14,16H,2,7-12,18H2,1H3. The Kier molecular flexibility index (Phi) is 4.27. The van der Waals surface area contributed by atoms with Crippen LogP contribution in [0.1, 0.15) is 50.6 Å². The van der Waals surface area contributed by atoms with Gasteiger partial charge in [-0.15, -0.1) is 0 Å². The molecule has 2 aliphatic rings. The van der Waals surface area contributed by atoms with Crippen molar-refractivity contribution in [2.24, 2.45) is 5.73 Å². The number of benzene rings is 1. The van der Waals surface area contributed by atoms with Gasteiger partial charge in [-0.1, -0.05) is 25.1 Å². The molecule has 110 valence electrons. The van der Waals surface area contributed by atoms with E-state index < -0.39 is 0 Å². The third-order valence-electron chi connectivity index (χ3n) is 4.90. The number of ether oxygens (including phenoxy) is 1. The van der Waals surface area contributed by atoms with E-state index in [2.05, 4.69) is 36.1 Å². The minimum atomic E-state index is 0.423. The van der Waals surface area contributed by atoms with Gasteiger partial charge in [-0.2, -0.15) is 0 Å². The lowest BCUT2D eigenvalue weighted by Crippen LogP contribution is -2.44. The molecule has 1 heterocycles. The molecule has 0 amide bonds. The third kappa shape index (κ3) is 2.70. The van der Waals surface area contributed by atoms with E-state index in [1.165, 1.54) is 31.2 Å². The topological polar surface area (TPSA) is 38.5 Å². The zero-order valence-electron chi connectivity index (χ0n) is 12.4. The monoisotopic (exact) mass is 274 g/mol. The van der Waals surface area contributed by atoms with Crippen LogP contribution in [0.15, 0.2) is 24.3 Å². The summed E-state index contributed by atoms with van der Waals surface area (Å²) in [6.45, 7) is 4.23. The maximum atomic E-state index is 6.06. The van der Waals surface area contributed by atoms with E-state index in [0.29, 0.717) is 18.1 Å². The first-order valence-corrected chi connectivity index (χ1v) is 8.02. The lowest BCUT2D eigenvalue weighted by atomic mass is 9.88. The van der Waals surface area contributed by atoms with Crippen molar-refractivity contribution in [3.63, 3.8) is 0 Å². The third-order valence-corrected chi connectivity index (χ3v) is 4.90. The Morgan fingerprint density at radius 3 is 2.65 bits per heavy atom. The fourth-order valence-electron chi connectivity index (χ4n) is 3.83. The molecule has 1 aromatic carbocycles. The van der Waals surface area contributed by atoms with Crippen molar-refractivity contribution >= 4 is 0 Å². The molecule has 1 saturated carbocycles. The molecular weight excluding hydrogens is 248 g/mol. The molecule has 1 fully saturated rings. The van der Waals surface area contributed by atoms with Crippen molar-refractivity contribution in [1.82, 2.24) is 4.90 Å². The number of rotatable bonds is 3. The zero-order chi connectivity index (χ0) is 13.9. The molecule has 1 atom stereocenters. The number of hydrogen-bond donors (Lipinski definition) is 1. The Morgan fingerprint density at radius 1 is 1.15 bits per heavy atom. The summed E-state index contributed by atoms with van der Waals surface area (Å²) in [4.78, 5) is 2.69. The van der Waals surface area contributed by atoms with Crippen LogP contribution in [0.3, 0.4) is 0 Å². The maximum absolute atomic E-state index is 6.06. The maximum Gasteiger partial charge on any atom is 0.124 e. The average Bonchev–Trinajstić information content (AvgIpc) is 2.50. The quantitative estimate of drug-likeness (QED) is 0.920. The van der Waals surface area contributed by atoms with Crippen LogP contribution in [-0.4, -0.2) is 30.1 Å². The molecule has 0 spiro atoms. The van der Waals surface area contributed by atoms with Gasteiger partial charge in [0.1, 0.15) is 5.75 Å².